The molecule has 0 fully saturated rings. The number of hydrogen-bond acceptors (Lipinski definition) is 2. The van der Waals surface area contributed by atoms with Crippen molar-refractivity contribution in [3.63, 3.8) is 0 Å². The highest BCUT2D eigenvalue weighted by Crippen LogP contribution is 2.20. The average Bonchev–Trinajstić information content (AvgIpc) is 2.29. The molecule has 0 atom stereocenters. The normalized spacial score (nSPS) is 10.7. The van der Waals surface area contributed by atoms with Crippen LogP contribution in [0.15, 0.2) is 22.7 Å². The minimum Gasteiger partial charge on any atom is -0.375 e. The SMILES string of the molecule is CCCNCCOCc1cccc(F)c1Br. The third kappa shape index (κ3) is 4.60. The molecule has 1 aromatic rings. The maximum Gasteiger partial charge on any atom is 0.137 e. The second kappa shape index (κ2) is 7.76. The first-order valence-corrected chi connectivity index (χ1v) is 6.26. The molecule has 4 heteroatoms. The first-order valence-electron chi connectivity index (χ1n) is 5.47. The van der Waals surface area contributed by atoms with Crippen molar-refractivity contribution in [2.45, 2.75) is 20.0 Å². The highest BCUT2D eigenvalue weighted by Gasteiger charge is 2.04. The molecule has 90 valence electrons. The van der Waals surface area contributed by atoms with E-state index in [1.807, 2.05) is 6.07 Å². The van der Waals surface area contributed by atoms with Gasteiger partial charge in [0.15, 0.2) is 0 Å². The Bertz CT molecular complexity index is 320. The zero-order valence-corrected chi connectivity index (χ0v) is 11.0. The van der Waals surface area contributed by atoms with Crippen LogP contribution in [0.2, 0.25) is 0 Å². The van der Waals surface area contributed by atoms with E-state index in [0.29, 0.717) is 17.7 Å². The number of halogens is 2. The minimum atomic E-state index is -0.245. The van der Waals surface area contributed by atoms with Gasteiger partial charge in [0, 0.05) is 6.54 Å². The van der Waals surface area contributed by atoms with Crippen LogP contribution in [0.4, 0.5) is 4.39 Å². The minimum absolute atomic E-state index is 0.245. The smallest absolute Gasteiger partial charge is 0.137 e. The van der Waals surface area contributed by atoms with Crippen molar-refractivity contribution in [3.8, 4) is 0 Å². The number of rotatable bonds is 7. The topological polar surface area (TPSA) is 21.3 Å². The van der Waals surface area contributed by atoms with Gasteiger partial charge >= 0.3 is 0 Å². The van der Waals surface area contributed by atoms with E-state index in [1.54, 1.807) is 6.07 Å². The third-order valence-corrected chi connectivity index (χ3v) is 3.03. The Kier molecular flexibility index (Phi) is 6.61. The molecule has 1 aromatic carbocycles. The molecular formula is C12H17BrFNO. The number of benzene rings is 1. The van der Waals surface area contributed by atoms with Gasteiger partial charge in [-0.1, -0.05) is 19.1 Å². The molecule has 1 rings (SSSR count). The zero-order chi connectivity index (χ0) is 11.8. The summed E-state index contributed by atoms with van der Waals surface area (Å²) in [6.45, 7) is 5.04. The summed E-state index contributed by atoms with van der Waals surface area (Å²) in [6, 6.07) is 4.97. The highest BCUT2D eigenvalue weighted by molar-refractivity contribution is 9.10. The summed E-state index contributed by atoms with van der Waals surface area (Å²) < 4.78 is 19.1. The highest BCUT2D eigenvalue weighted by atomic mass is 79.9. The molecule has 0 saturated heterocycles. The van der Waals surface area contributed by atoms with Gasteiger partial charge in [0.25, 0.3) is 0 Å². The first-order chi connectivity index (χ1) is 7.75. The van der Waals surface area contributed by atoms with E-state index >= 15 is 0 Å². The van der Waals surface area contributed by atoms with Crippen LogP contribution in [0.5, 0.6) is 0 Å². The van der Waals surface area contributed by atoms with Crippen LogP contribution >= 0.6 is 15.9 Å². The average molecular weight is 290 g/mol. The van der Waals surface area contributed by atoms with Crippen LogP contribution in [0.25, 0.3) is 0 Å². The summed E-state index contributed by atoms with van der Waals surface area (Å²) in [7, 11) is 0. The fraction of sp³-hybridized carbons (Fsp3) is 0.500. The predicted octanol–water partition coefficient (Wildman–Crippen LogP) is 3.10. The Morgan fingerprint density at radius 3 is 2.94 bits per heavy atom. The van der Waals surface area contributed by atoms with Crippen molar-refractivity contribution in [2.24, 2.45) is 0 Å². The Morgan fingerprint density at radius 2 is 2.19 bits per heavy atom. The van der Waals surface area contributed by atoms with Crippen molar-refractivity contribution >= 4 is 15.9 Å². The summed E-state index contributed by atoms with van der Waals surface area (Å²) in [6.07, 6.45) is 1.12. The summed E-state index contributed by atoms with van der Waals surface area (Å²) in [4.78, 5) is 0. The van der Waals surface area contributed by atoms with Gasteiger partial charge in [-0.2, -0.15) is 0 Å². The van der Waals surface area contributed by atoms with Gasteiger partial charge in [0.05, 0.1) is 17.7 Å². The maximum absolute atomic E-state index is 13.1. The second-order valence-corrected chi connectivity index (χ2v) is 4.31. The van der Waals surface area contributed by atoms with Crippen LogP contribution in [-0.4, -0.2) is 19.7 Å². The van der Waals surface area contributed by atoms with Crippen LogP contribution < -0.4 is 5.32 Å². The third-order valence-electron chi connectivity index (χ3n) is 2.14. The molecule has 0 unspecified atom stereocenters. The maximum atomic E-state index is 13.1. The largest absolute Gasteiger partial charge is 0.375 e. The van der Waals surface area contributed by atoms with Crippen LogP contribution in [0, 0.1) is 5.82 Å². The van der Waals surface area contributed by atoms with E-state index in [9.17, 15) is 4.39 Å². The van der Waals surface area contributed by atoms with Gasteiger partial charge in [-0.05, 0) is 40.5 Å². The van der Waals surface area contributed by atoms with Crippen molar-refractivity contribution in [3.05, 3.63) is 34.1 Å². The van der Waals surface area contributed by atoms with Gasteiger partial charge in [0.2, 0.25) is 0 Å². The van der Waals surface area contributed by atoms with Crippen LogP contribution in [-0.2, 0) is 11.3 Å². The molecular weight excluding hydrogens is 273 g/mol. The van der Waals surface area contributed by atoms with E-state index < -0.39 is 0 Å². The van der Waals surface area contributed by atoms with E-state index in [1.165, 1.54) is 6.07 Å². The van der Waals surface area contributed by atoms with Gasteiger partial charge in [-0.25, -0.2) is 4.39 Å². The molecule has 2 nitrogen and oxygen atoms in total. The lowest BCUT2D eigenvalue weighted by atomic mass is 10.2. The molecule has 0 aliphatic rings. The quantitative estimate of drug-likeness (QED) is 0.779. The summed E-state index contributed by atoms with van der Waals surface area (Å²) in [5.74, 6) is -0.245. The molecule has 0 heterocycles. The van der Waals surface area contributed by atoms with E-state index in [0.717, 1.165) is 25.1 Å². The van der Waals surface area contributed by atoms with Crippen LogP contribution in [0.3, 0.4) is 0 Å². The Balaban J connectivity index is 2.24. The van der Waals surface area contributed by atoms with E-state index in [2.05, 4.69) is 28.2 Å². The molecule has 0 radical (unpaired) electrons. The van der Waals surface area contributed by atoms with E-state index in [-0.39, 0.29) is 5.82 Å². The standard InChI is InChI=1S/C12H17BrFNO/c1-2-6-15-7-8-16-9-10-4-3-5-11(14)12(10)13/h3-5,15H,2,6-9H2,1H3. The molecule has 1 N–H and O–H groups in total. The monoisotopic (exact) mass is 289 g/mol. The first kappa shape index (κ1) is 13.6. The van der Waals surface area contributed by atoms with Crippen molar-refractivity contribution in [1.29, 1.82) is 0 Å². The second-order valence-electron chi connectivity index (χ2n) is 3.52. The van der Waals surface area contributed by atoms with Gasteiger partial charge in [-0.3, -0.25) is 0 Å². The van der Waals surface area contributed by atoms with Gasteiger partial charge in [-0.15, -0.1) is 0 Å². The fourth-order valence-corrected chi connectivity index (χ4v) is 1.67. The summed E-state index contributed by atoms with van der Waals surface area (Å²) >= 11 is 3.20. The predicted molar refractivity (Wildman–Crippen MR) is 66.9 cm³/mol. The molecule has 0 bridgehead atoms. The lowest BCUT2D eigenvalue weighted by Gasteiger charge is -2.07. The lowest BCUT2D eigenvalue weighted by Crippen LogP contribution is -2.20. The van der Waals surface area contributed by atoms with Crippen molar-refractivity contribution < 1.29 is 9.13 Å². The Hall–Kier alpha value is -0.450. The Labute approximate surface area is 104 Å². The molecule has 0 aliphatic heterocycles. The summed E-state index contributed by atoms with van der Waals surface area (Å²) in [5.41, 5.74) is 0.843. The molecule has 0 spiro atoms. The molecule has 0 amide bonds. The zero-order valence-electron chi connectivity index (χ0n) is 9.43. The molecule has 0 saturated carbocycles. The lowest BCUT2D eigenvalue weighted by molar-refractivity contribution is 0.122. The van der Waals surface area contributed by atoms with Crippen LogP contribution in [0.1, 0.15) is 18.9 Å². The Morgan fingerprint density at radius 1 is 1.38 bits per heavy atom. The van der Waals surface area contributed by atoms with Crippen molar-refractivity contribution in [2.75, 3.05) is 19.7 Å². The molecule has 0 aliphatic carbocycles. The van der Waals surface area contributed by atoms with Crippen molar-refractivity contribution in [1.82, 2.24) is 5.32 Å². The number of ether oxygens (including phenoxy) is 1. The van der Waals surface area contributed by atoms with Gasteiger partial charge in [0.1, 0.15) is 5.82 Å². The number of nitrogens with one attached hydrogen (secondary N) is 1. The summed E-state index contributed by atoms with van der Waals surface area (Å²) in [5, 5.41) is 3.24. The molecule has 16 heavy (non-hydrogen) atoms. The number of hydrogen-bond donors (Lipinski definition) is 1. The fourth-order valence-electron chi connectivity index (χ4n) is 1.29. The van der Waals surface area contributed by atoms with Gasteiger partial charge < -0.3 is 10.1 Å². The van der Waals surface area contributed by atoms with E-state index in [4.69, 9.17) is 4.74 Å². The molecule has 0 aromatic heterocycles.